The number of hydrogen-bond donors (Lipinski definition) is 1. The molecule has 0 aliphatic carbocycles. The summed E-state index contributed by atoms with van der Waals surface area (Å²) < 4.78 is 6.50. The van der Waals surface area contributed by atoms with E-state index >= 15 is 0 Å². The molecule has 1 aromatic heterocycles. The van der Waals surface area contributed by atoms with E-state index in [2.05, 4.69) is 17.1 Å². The molecule has 0 radical (unpaired) electrons. The quantitative estimate of drug-likeness (QED) is 0.818. The third-order valence-electron chi connectivity index (χ3n) is 2.58. The van der Waals surface area contributed by atoms with Gasteiger partial charge in [0.15, 0.2) is 0 Å². The van der Waals surface area contributed by atoms with Gasteiger partial charge < -0.3 is 10.2 Å². The third kappa shape index (κ3) is 2.90. The molecule has 1 N–H and O–H groups in total. The molecule has 0 bridgehead atoms. The molecule has 98 valence electrons. The van der Waals surface area contributed by atoms with Gasteiger partial charge in [-0.15, -0.1) is 6.58 Å². The van der Waals surface area contributed by atoms with E-state index in [9.17, 15) is 4.79 Å². The van der Waals surface area contributed by atoms with Gasteiger partial charge >= 0.3 is 0 Å². The number of morpholine rings is 1. The summed E-state index contributed by atoms with van der Waals surface area (Å²) in [4.78, 5) is 11.9. The Labute approximate surface area is 110 Å². The lowest BCUT2D eigenvalue weighted by atomic mass is 10.4. The van der Waals surface area contributed by atoms with Crippen LogP contribution in [0.5, 0.6) is 0 Å². The molecule has 1 aliphatic heterocycles. The SMILES string of the molecule is C=CCn1ncc(NN2CCOCC2)c(Cl)c1=O. The van der Waals surface area contributed by atoms with Crippen LogP contribution in [0.15, 0.2) is 23.6 Å². The summed E-state index contributed by atoms with van der Waals surface area (Å²) in [5.41, 5.74) is 3.27. The van der Waals surface area contributed by atoms with Crippen LogP contribution in [0.2, 0.25) is 5.02 Å². The molecule has 1 aliphatic rings. The summed E-state index contributed by atoms with van der Waals surface area (Å²) in [6, 6.07) is 0. The Balaban J connectivity index is 2.15. The van der Waals surface area contributed by atoms with Gasteiger partial charge in [0.05, 0.1) is 31.6 Å². The van der Waals surface area contributed by atoms with Crippen LogP contribution in [0.4, 0.5) is 5.69 Å². The maximum atomic E-state index is 11.9. The van der Waals surface area contributed by atoms with E-state index in [1.807, 2.05) is 5.01 Å². The standard InChI is InChI=1S/C11H15ClN4O2/c1-2-3-16-11(17)10(12)9(8-13-16)14-15-4-6-18-7-5-15/h2,8,14H,1,3-7H2. The largest absolute Gasteiger partial charge is 0.379 e. The second-order valence-electron chi connectivity index (χ2n) is 3.86. The summed E-state index contributed by atoms with van der Waals surface area (Å²) in [7, 11) is 0. The van der Waals surface area contributed by atoms with Gasteiger partial charge in [0.25, 0.3) is 5.56 Å². The summed E-state index contributed by atoms with van der Waals surface area (Å²) in [6.07, 6.45) is 3.14. The molecule has 1 fully saturated rings. The number of aromatic nitrogens is 2. The van der Waals surface area contributed by atoms with Crippen LogP contribution in [0.1, 0.15) is 0 Å². The molecule has 1 saturated heterocycles. The summed E-state index contributed by atoms with van der Waals surface area (Å²) in [6.45, 7) is 6.71. The summed E-state index contributed by atoms with van der Waals surface area (Å²) in [5.74, 6) is 0. The Kier molecular flexibility index (Phi) is 4.35. The van der Waals surface area contributed by atoms with E-state index in [4.69, 9.17) is 16.3 Å². The molecule has 0 atom stereocenters. The van der Waals surface area contributed by atoms with Crippen LogP contribution in [0, 0.1) is 0 Å². The van der Waals surface area contributed by atoms with E-state index in [1.165, 1.54) is 4.68 Å². The van der Waals surface area contributed by atoms with Crippen molar-refractivity contribution in [2.45, 2.75) is 6.54 Å². The first-order chi connectivity index (χ1) is 8.72. The van der Waals surface area contributed by atoms with Crippen molar-refractivity contribution in [2.24, 2.45) is 0 Å². The predicted octanol–water partition coefficient (Wildman–Crippen LogP) is 0.742. The maximum Gasteiger partial charge on any atom is 0.287 e. The fourth-order valence-corrected chi connectivity index (χ4v) is 1.83. The highest BCUT2D eigenvalue weighted by Crippen LogP contribution is 2.16. The van der Waals surface area contributed by atoms with Crippen molar-refractivity contribution < 1.29 is 4.74 Å². The maximum absolute atomic E-state index is 11.9. The predicted molar refractivity (Wildman–Crippen MR) is 69.7 cm³/mol. The highest BCUT2D eigenvalue weighted by Gasteiger charge is 2.14. The van der Waals surface area contributed by atoms with E-state index < -0.39 is 0 Å². The smallest absolute Gasteiger partial charge is 0.287 e. The van der Waals surface area contributed by atoms with Crippen LogP contribution in [0.25, 0.3) is 0 Å². The van der Waals surface area contributed by atoms with E-state index in [1.54, 1.807) is 12.3 Å². The van der Waals surface area contributed by atoms with Crippen molar-refractivity contribution in [1.82, 2.24) is 14.8 Å². The van der Waals surface area contributed by atoms with Crippen LogP contribution in [-0.4, -0.2) is 41.1 Å². The van der Waals surface area contributed by atoms with E-state index in [0.29, 0.717) is 25.4 Å². The molecule has 7 heteroatoms. The van der Waals surface area contributed by atoms with Crippen molar-refractivity contribution in [1.29, 1.82) is 0 Å². The molecular formula is C11H15ClN4O2. The normalized spacial score (nSPS) is 16.5. The number of nitrogens with one attached hydrogen (secondary N) is 1. The monoisotopic (exact) mass is 270 g/mol. The highest BCUT2D eigenvalue weighted by atomic mass is 35.5. The Bertz CT molecular complexity index is 482. The fraction of sp³-hybridized carbons (Fsp3) is 0.455. The fourth-order valence-electron chi connectivity index (χ4n) is 1.64. The van der Waals surface area contributed by atoms with Gasteiger partial charge in [0.1, 0.15) is 5.02 Å². The van der Waals surface area contributed by atoms with Crippen molar-refractivity contribution >= 4 is 17.3 Å². The van der Waals surface area contributed by atoms with Gasteiger partial charge in [-0.3, -0.25) is 4.79 Å². The Morgan fingerprint density at radius 1 is 1.56 bits per heavy atom. The van der Waals surface area contributed by atoms with Crippen molar-refractivity contribution in [2.75, 3.05) is 31.7 Å². The second kappa shape index (κ2) is 5.99. The Morgan fingerprint density at radius 2 is 2.28 bits per heavy atom. The molecule has 2 heterocycles. The number of rotatable bonds is 4. The molecule has 2 rings (SSSR count). The minimum Gasteiger partial charge on any atom is -0.379 e. The van der Waals surface area contributed by atoms with Gasteiger partial charge in [0, 0.05) is 13.1 Å². The van der Waals surface area contributed by atoms with Crippen LogP contribution < -0.4 is 11.0 Å². The number of hydrazine groups is 1. The number of anilines is 1. The molecule has 0 aromatic carbocycles. The molecule has 6 nitrogen and oxygen atoms in total. The molecule has 0 spiro atoms. The van der Waals surface area contributed by atoms with Crippen LogP contribution in [-0.2, 0) is 11.3 Å². The van der Waals surface area contributed by atoms with E-state index in [0.717, 1.165) is 13.1 Å². The first kappa shape index (κ1) is 13.1. The lowest BCUT2D eigenvalue weighted by molar-refractivity contribution is 0.0496. The molecule has 0 amide bonds. The first-order valence-electron chi connectivity index (χ1n) is 5.68. The van der Waals surface area contributed by atoms with Gasteiger partial charge in [-0.1, -0.05) is 17.7 Å². The van der Waals surface area contributed by atoms with Gasteiger partial charge in [-0.25, -0.2) is 9.69 Å². The average Bonchev–Trinajstić information content (AvgIpc) is 2.40. The van der Waals surface area contributed by atoms with Gasteiger partial charge in [0.2, 0.25) is 0 Å². The molecule has 18 heavy (non-hydrogen) atoms. The zero-order chi connectivity index (χ0) is 13.0. The number of hydrogen-bond acceptors (Lipinski definition) is 5. The highest BCUT2D eigenvalue weighted by molar-refractivity contribution is 6.32. The Morgan fingerprint density at radius 3 is 2.94 bits per heavy atom. The zero-order valence-electron chi connectivity index (χ0n) is 9.93. The van der Waals surface area contributed by atoms with Gasteiger partial charge in [-0.05, 0) is 0 Å². The number of allylic oxidation sites excluding steroid dienone is 1. The average molecular weight is 271 g/mol. The van der Waals surface area contributed by atoms with Crippen molar-refractivity contribution in [3.63, 3.8) is 0 Å². The lowest BCUT2D eigenvalue weighted by Gasteiger charge is -2.28. The minimum atomic E-state index is -0.324. The molecule has 0 saturated carbocycles. The number of nitrogens with zero attached hydrogens (tertiary/aromatic N) is 3. The van der Waals surface area contributed by atoms with Crippen molar-refractivity contribution in [3.05, 3.63) is 34.2 Å². The molecular weight excluding hydrogens is 256 g/mol. The summed E-state index contributed by atoms with van der Waals surface area (Å²) in [5, 5.41) is 6.11. The second-order valence-corrected chi connectivity index (χ2v) is 4.24. The molecule has 1 aromatic rings. The lowest BCUT2D eigenvalue weighted by Crippen LogP contribution is -2.40. The Hall–Kier alpha value is -1.37. The number of ether oxygens (including phenoxy) is 1. The summed E-state index contributed by atoms with van der Waals surface area (Å²) >= 11 is 6.03. The zero-order valence-corrected chi connectivity index (χ0v) is 10.7. The van der Waals surface area contributed by atoms with E-state index in [-0.39, 0.29) is 10.6 Å². The van der Waals surface area contributed by atoms with Crippen LogP contribution >= 0.6 is 11.6 Å². The van der Waals surface area contributed by atoms with Crippen molar-refractivity contribution in [3.8, 4) is 0 Å². The van der Waals surface area contributed by atoms with Crippen LogP contribution in [0.3, 0.4) is 0 Å². The van der Waals surface area contributed by atoms with Gasteiger partial charge in [-0.2, -0.15) is 5.10 Å². The minimum absolute atomic E-state index is 0.137. The number of halogens is 1. The molecule has 0 unspecified atom stereocenters. The third-order valence-corrected chi connectivity index (χ3v) is 2.94. The topological polar surface area (TPSA) is 59.4 Å². The first-order valence-corrected chi connectivity index (χ1v) is 6.06.